The van der Waals surface area contributed by atoms with Crippen LogP contribution in [-0.4, -0.2) is 0 Å². The number of anilines is 3. The number of rotatable bonds is 6. The summed E-state index contributed by atoms with van der Waals surface area (Å²) in [6.45, 7) is 0. The van der Waals surface area contributed by atoms with Crippen LogP contribution in [0.15, 0.2) is 212 Å². The van der Waals surface area contributed by atoms with E-state index in [1.807, 2.05) is 0 Å². The molecule has 0 aliphatic carbocycles. The minimum Gasteiger partial charge on any atom is -0.310 e. The second-order valence-corrected chi connectivity index (χ2v) is 13.8. The van der Waals surface area contributed by atoms with Gasteiger partial charge in [-0.3, -0.25) is 0 Å². The van der Waals surface area contributed by atoms with E-state index in [1.54, 1.807) is 0 Å². The molecule has 0 aromatic heterocycles. The van der Waals surface area contributed by atoms with Gasteiger partial charge >= 0.3 is 0 Å². The molecule has 0 saturated carbocycles. The molecule has 0 atom stereocenters. The van der Waals surface area contributed by atoms with Gasteiger partial charge in [-0.1, -0.05) is 164 Å². The van der Waals surface area contributed by atoms with E-state index in [4.69, 9.17) is 0 Å². The van der Waals surface area contributed by atoms with Gasteiger partial charge < -0.3 is 4.90 Å². The third kappa shape index (κ3) is 5.69. The Morgan fingerprint density at radius 2 is 0.755 bits per heavy atom. The van der Waals surface area contributed by atoms with Gasteiger partial charge in [0.2, 0.25) is 0 Å². The quantitative estimate of drug-likeness (QED) is 0.159. The van der Waals surface area contributed by atoms with Crippen LogP contribution in [0.25, 0.3) is 76.5 Å². The highest BCUT2D eigenvalue weighted by Gasteiger charge is 2.16. The zero-order chi connectivity index (χ0) is 35.1. The van der Waals surface area contributed by atoms with Gasteiger partial charge in [0.15, 0.2) is 0 Å². The topological polar surface area (TPSA) is 3.24 Å². The van der Waals surface area contributed by atoms with Crippen LogP contribution >= 0.6 is 0 Å². The van der Waals surface area contributed by atoms with E-state index in [-0.39, 0.29) is 0 Å². The molecule has 0 aliphatic heterocycles. The largest absolute Gasteiger partial charge is 0.310 e. The second kappa shape index (κ2) is 13.0. The molecule has 53 heavy (non-hydrogen) atoms. The summed E-state index contributed by atoms with van der Waals surface area (Å²) in [5.74, 6) is 0. The Hall–Kier alpha value is -6.96. The van der Waals surface area contributed by atoms with Crippen LogP contribution in [0, 0.1) is 0 Å². The zero-order valence-corrected chi connectivity index (χ0v) is 29.2. The van der Waals surface area contributed by atoms with Crippen LogP contribution < -0.4 is 4.90 Å². The van der Waals surface area contributed by atoms with Gasteiger partial charge in [-0.25, -0.2) is 0 Å². The van der Waals surface area contributed by atoms with E-state index in [0.29, 0.717) is 0 Å². The fourth-order valence-electron chi connectivity index (χ4n) is 7.92. The Bertz CT molecular complexity index is 2960. The first-order valence-electron chi connectivity index (χ1n) is 18.2. The van der Waals surface area contributed by atoms with Crippen molar-refractivity contribution < 1.29 is 0 Å². The molecule has 0 radical (unpaired) electrons. The molecule has 0 heterocycles. The molecule has 1 nitrogen and oxygen atoms in total. The van der Waals surface area contributed by atoms with Crippen molar-refractivity contribution in [2.45, 2.75) is 0 Å². The van der Waals surface area contributed by atoms with E-state index in [1.165, 1.54) is 76.5 Å². The lowest BCUT2D eigenvalue weighted by Crippen LogP contribution is -2.10. The monoisotopic (exact) mass is 673 g/mol. The molecule has 0 fully saturated rings. The molecule has 10 rings (SSSR count). The second-order valence-electron chi connectivity index (χ2n) is 13.8. The van der Waals surface area contributed by atoms with Gasteiger partial charge in [0.05, 0.1) is 0 Å². The van der Waals surface area contributed by atoms with Crippen molar-refractivity contribution in [3.8, 4) is 33.4 Å². The molecule has 0 unspecified atom stereocenters. The highest BCUT2D eigenvalue weighted by molar-refractivity contribution is 6.12. The third-order valence-electron chi connectivity index (χ3n) is 10.6. The van der Waals surface area contributed by atoms with Crippen LogP contribution in [0.2, 0.25) is 0 Å². The molecular formula is C52H35N. The smallest absolute Gasteiger partial charge is 0.0468 e. The molecule has 0 amide bonds. The van der Waals surface area contributed by atoms with Gasteiger partial charge in [-0.05, 0) is 125 Å². The Kier molecular flexibility index (Phi) is 7.55. The third-order valence-corrected chi connectivity index (χ3v) is 10.6. The molecule has 10 aromatic carbocycles. The normalized spacial score (nSPS) is 11.4. The molecule has 248 valence electrons. The standard InChI is InChI=1S/C52H35N/c1-3-13-40-33-44(23-22-36(40)10-1)42-16-7-15-41(32-42)38-24-28-46(29-25-38)53(48-30-26-37-11-2-4-14-43(37)34-48)47-18-8-17-45(35-47)50-20-9-21-51-49-19-6-5-12-39(49)27-31-52(50)51/h1-35H. The predicted octanol–water partition coefficient (Wildman–Crippen LogP) is 14.8. The first kappa shape index (κ1) is 30.8. The molecule has 0 N–H and O–H groups in total. The highest BCUT2D eigenvalue weighted by Crippen LogP contribution is 2.40. The van der Waals surface area contributed by atoms with Crippen LogP contribution in [0.4, 0.5) is 17.1 Å². The van der Waals surface area contributed by atoms with Crippen molar-refractivity contribution >= 4 is 60.2 Å². The maximum absolute atomic E-state index is 2.38. The average molecular weight is 674 g/mol. The van der Waals surface area contributed by atoms with E-state index in [9.17, 15) is 0 Å². The van der Waals surface area contributed by atoms with Crippen molar-refractivity contribution in [1.29, 1.82) is 0 Å². The molecule has 0 aliphatic rings. The summed E-state index contributed by atoms with van der Waals surface area (Å²) in [6, 6.07) is 77.3. The van der Waals surface area contributed by atoms with Gasteiger partial charge in [-0.15, -0.1) is 0 Å². The fourth-order valence-corrected chi connectivity index (χ4v) is 7.92. The molecule has 1 heteroatoms. The van der Waals surface area contributed by atoms with Crippen molar-refractivity contribution in [3.63, 3.8) is 0 Å². The number of nitrogens with zero attached hydrogens (tertiary/aromatic N) is 1. The van der Waals surface area contributed by atoms with Crippen molar-refractivity contribution in [1.82, 2.24) is 0 Å². The number of benzene rings is 10. The summed E-state index contributed by atoms with van der Waals surface area (Å²) in [5, 5.41) is 10.0. The first-order valence-corrected chi connectivity index (χ1v) is 18.2. The number of hydrogen-bond donors (Lipinski definition) is 0. The molecule has 0 bridgehead atoms. The predicted molar refractivity (Wildman–Crippen MR) is 227 cm³/mol. The molecule has 10 aromatic rings. The highest BCUT2D eigenvalue weighted by atomic mass is 15.1. The van der Waals surface area contributed by atoms with E-state index in [0.717, 1.165) is 17.1 Å². The maximum Gasteiger partial charge on any atom is 0.0468 e. The Labute approximate surface area is 309 Å². The summed E-state index contributed by atoms with van der Waals surface area (Å²) in [6.07, 6.45) is 0. The lowest BCUT2D eigenvalue weighted by Gasteiger charge is -2.27. The summed E-state index contributed by atoms with van der Waals surface area (Å²) < 4.78 is 0. The fraction of sp³-hybridized carbons (Fsp3) is 0. The van der Waals surface area contributed by atoms with Gasteiger partial charge in [0.1, 0.15) is 0 Å². The Balaban J connectivity index is 1.06. The number of fused-ring (bicyclic) bond motifs is 5. The van der Waals surface area contributed by atoms with Gasteiger partial charge in [0.25, 0.3) is 0 Å². The van der Waals surface area contributed by atoms with E-state index in [2.05, 4.69) is 217 Å². The van der Waals surface area contributed by atoms with Gasteiger partial charge in [-0.2, -0.15) is 0 Å². The van der Waals surface area contributed by atoms with Crippen molar-refractivity contribution in [2.24, 2.45) is 0 Å². The lowest BCUT2D eigenvalue weighted by atomic mass is 9.94. The number of hydrogen-bond acceptors (Lipinski definition) is 1. The average Bonchev–Trinajstić information content (AvgIpc) is 3.23. The van der Waals surface area contributed by atoms with Crippen molar-refractivity contribution in [2.75, 3.05) is 4.90 Å². The minimum atomic E-state index is 1.11. The van der Waals surface area contributed by atoms with Gasteiger partial charge in [0, 0.05) is 17.1 Å². The Morgan fingerprint density at radius 3 is 1.57 bits per heavy atom. The first-order chi connectivity index (χ1) is 26.2. The summed E-state index contributed by atoms with van der Waals surface area (Å²) in [4.78, 5) is 2.38. The molecule has 0 spiro atoms. The minimum absolute atomic E-state index is 1.11. The zero-order valence-electron chi connectivity index (χ0n) is 29.2. The molecular weight excluding hydrogens is 639 g/mol. The van der Waals surface area contributed by atoms with E-state index < -0.39 is 0 Å². The molecule has 0 saturated heterocycles. The summed E-state index contributed by atoms with van der Waals surface area (Å²) >= 11 is 0. The Morgan fingerprint density at radius 1 is 0.226 bits per heavy atom. The van der Waals surface area contributed by atoms with Crippen LogP contribution in [0.1, 0.15) is 0 Å². The van der Waals surface area contributed by atoms with Crippen LogP contribution in [0.5, 0.6) is 0 Å². The van der Waals surface area contributed by atoms with Crippen molar-refractivity contribution in [3.05, 3.63) is 212 Å². The van der Waals surface area contributed by atoms with E-state index >= 15 is 0 Å². The van der Waals surface area contributed by atoms with Crippen LogP contribution in [0.3, 0.4) is 0 Å². The summed E-state index contributed by atoms with van der Waals surface area (Å²) in [7, 11) is 0. The lowest BCUT2D eigenvalue weighted by molar-refractivity contribution is 1.29. The summed E-state index contributed by atoms with van der Waals surface area (Å²) in [5.41, 5.74) is 10.6. The van der Waals surface area contributed by atoms with Crippen LogP contribution in [-0.2, 0) is 0 Å². The maximum atomic E-state index is 2.38. The SMILES string of the molecule is c1cc(-c2ccc(N(c3cccc(-c4cccc5c4ccc4ccccc45)c3)c3ccc4ccccc4c3)cc2)cc(-c2ccc3ccccc3c2)c1.